The van der Waals surface area contributed by atoms with Crippen molar-refractivity contribution in [3.63, 3.8) is 0 Å². The highest BCUT2D eigenvalue weighted by molar-refractivity contribution is 5.99. The number of hydrogen-bond acceptors (Lipinski definition) is 5. The third-order valence-corrected chi connectivity index (χ3v) is 8.64. The second kappa shape index (κ2) is 10.5. The number of hydrogen-bond donors (Lipinski definition) is 1. The minimum atomic E-state index is -4.19. The quantitative estimate of drug-likeness (QED) is 0.505. The first-order chi connectivity index (χ1) is 18.4. The Hall–Kier alpha value is -2.65. The Morgan fingerprint density at radius 3 is 2.42 bits per heavy atom. The van der Waals surface area contributed by atoms with Crippen LogP contribution in [0.3, 0.4) is 0 Å². The number of carbonyl (C=O) groups excluding carboxylic acids is 1. The van der Waals surface area contributed by atoms with Crippen LogP contribution in [-0.4, -0.2) is 53.8 Å². The largest absolute Gasteiger partial charge is 0.401 e. The Morgan fingerprint density at radius 1 is 1.03 bits per heavy atom. The van der Waals surface area contributed by atoms with E-state index in [2.05, 4.69) is 22.4 Å². The summed E-state index contributed by atoms with van der Waals surface area (Å²) in [6.45, 7) is 1.06. The number of carbonyl (C=O) groups is 1. The zero-order chi connectivity index (χ0) is 26.3. The van der Waals surface area contributed by atoms with Gasteiger partial charge < -0.3 is 15.0 Å². The van der Waals surface area contributed by atoms with E-state index in [1.165, 1.54) is 5.56 Å². The summed E-state index contributed by atoms with van der Waals surface area (Å²) in [6, 6.07) is 10.1. The molecular weight excluding hydrogens is 493 g/mol. The van der Waals surface area contributed by atoms with Gasteiger partial charge in [0.1, 0.15) is 5.82 Å². The number of aromatic nitrogens is 1. The van der Waals surface area contributed by atoms with Crippen LogP contribution in [0.2, 0.25) is 0 Å². The van der Waals surface area contributed by atoms with Crippen molar-refractivity contribution in [2.75, 3.05) is 30.0 Å². The van der Waals surface area contributed by atoms with Gasteiger partial charge in [-0.15, -0.1) is 0 Å². The molecule has 9 heteroatoms. The topological polar surface area (TPSA) is 57.7 Å². The lowest BCUT2D eigenvalue weighted by molar-refractivity contribution is -0.154. The maximum atomic E-state index is 14.1. The molecule has 1 aromatic heterocycles. The molecule has 2 aliphatic heterocycles. The highest BCUT2D eigenvalue weighted by Gasteiger charge is 2.43. The molecule has 0 spiro atoms. The zero-order valence-corrected chi connectivity index (χ0v) is 21.6. The highest BCUT2D eigenvalue weighted by Crippen LogP contribution is 2.42. The normalized spacial score (nSPS) is 24.4. The van der Waals surface area contributed by atoms with Gasteiger partial charge in [0.15, 0.2) is 0 Å². The van der Waals surface area contributed by atoms with E-state index in [4.69, 9.17) is 4.74 Å². The molecule has 2 aromatic rings. The summed E-state index contributed by atoms with van der Waals surface area (Å²) in [5.41, 5.74) is 3.87. The average molecular weight is 529 g/mol. The van der Waals surface area contributed by atoms with Crippen LogP contribution in [0.25, 0.3) is 0 Å². The number of halogens is 3. The molecule has 1 aromatic carbocycles. The summed E-state index contributed by atoms with van der Waals surface area (Å²) < 4.78 is 45.3. The molecule has 1 saturated heterocycles. The summed E-state index contributed by atoms with van der Waals surface area (Å²) in [5, 5.41) is 3.44. The molecule has 6 nitrogen and oxygen atoms in total. The van der Waals surface area contributed by atoms with Gasteiger partial charge in [-0.1, -0.05) is 12.1 Å². The number of anilines is 3. The second-order valence-electron chi connectivity index (χ2n) is 11.2. The van der Waals surface area contributed by atoms with E-state index in [0.29, 0.717) is 38.1 Å². The average Bonchev–Trinajstić information content (AvgIpc) is 3.78. The SMILES string of the molecule is O=C([C@H]1CC[C@@H](N(CC(F)(F)F)C2CC2)CC1)N1Cc2cccnc2Nc2ccc(C3CCOCC3)cc21. The summed E-state index contributed by atoms with van der Waals surface area (Å²) in [5.74, 6) is 1.00. The predicted molar refractivity (Wildman–Crippen MR) is 139 cm³/mol. The minimum absolute atomic E-state index is 0.0463. The first-order valence-electron chi connectivity index (χ1n) is 13.9. The Balaban J connectivity index is 1.23. The van der Waals surface area contributed by atoms with Crippen molar-refractivity contribution in [1.29, 1.82) is 0 Å². The summed E-state index contributed by atoms with van der Waals surface area (Å²) >= 11 is 0. The lowest BCUT2D eigenvalue weighted by Gasteiger charge is -2.38. The smallest absolute Gasteiger partial charge is 0.381 e. The van der Waals surface area contributed by atoms with Gasteiger partial charge in [0, 0.05) is 43.0 Å². The van der Waals surface area contributed by atoms with Gasteiger partial charge in [-0.05, 0) is 81.0 Å². The molecule has 1 N–H and O–H groups in total. The van der Waals surface area contributed by atoms with E-state index in [-0.39, 0.29) is 23.9 Å². The summed E-state index contributed by atoms with van der Waals surface area (Å²) in [6.07, 6.45) is 3.64. The van der Waals surface area contributed by atoms with Crippen LogP contribution >= 0.6 is 0 Å². The molecule has 3 fully saturated rings. The molecule has 204 valence electrons. The number of ether oxygens (including phenoxy) is 1. The fourth-order valence-electron chi connectivity index (χ4n) is 6.47. The van der Waals surface area contributed by atoms with E-state index in [0.717, 1.165) is 61.7 Å². The first-order valence-corrected chi connectivity index (χ1v) is 13.9. The van der Waals surface area contributed by atoms with Crippen molar-refractivity contribution in [2.24, 2.45) is 5.92 Å². The van der Waals surface area contributed by atoms with E-state index in [9.17, 15) is 18.0 Å². The highest BCUT2D eigenvalue weighted by atomic mass is 19.4. The van der Waals surface area contributed by atoms with Crippen LogP contribution in [-0.2, 0) is 16.1 Å². The maximum Gasteiger partial charge on any atom is 0.401 e. The molecule has 0 atom stereocenters. The number of pyridine rings is 1. The Labute approximate surface area is 221 Å². The fourth-order valence-corrected chi connectivity index (χ4v) is 6.47. The van der Waals surface area contributed by atoms with E-state index in [1.54, 1.807) is 11.1 Å². The van der Waals surface area contributed by atoms with E-state index >= 15 is 0 Å². The van der Waals surface area contributed by atoms with Crippen molar-refractivity contribution >= 4 is 23.1 Å². The molecule has 0 radical (unpaired) electrons. The van der Waals surface area contributed by atoms with Crippen molar-refractivity contribution in [3.05, 3.63) is 47.7 Å². The number of rotatable bonds is 5. The maximum absolute atomic E-state index is 14.1. The molecular formula is C29H35F3N4O2. The van der Waals surface area contributed by atoms with E-state index < -0.39 is 12.7 Å². The standard InChI is InChI=1S/C29H35F3N4O2/c30-29(31,32)18-36(24-8-9-24)23-6-3-20(4-7-23)28(37)35-17-22-2-1-13-33-27(22)34-25-10-5-21(16-26(25)35)19-11-14-38-15-12-19/h1-2,5,10,13,16,19-20,23-24H,3-4,6-9,11-12,14-15,17-18H2,(H,33,34)/t20-,23+. The summed E-state index contributed by atoms with van der Waals surface area (Å²) in [7, 11) is 0. The first kappa shape index (κ1) is 25.6. The van der Waals surface area contributed by atoms with Gasteiger partial charge >= 0.3 is 6.18 Å². The predicted octanol–water partition coefficient (Wildman–Crippen LogP) is 6.15. The monoisotopic (exact) mass is 528 g/mol. The molecule has 2 saturated carbocycles. The Kier molecular flexibility index (Phi) is 7.07. The van der Waals surface area contributed by atoms with Crippen molar-refractivity contribution in [2.45, 2.75) is 82.1 Å². The lowest BCUT2D eigenvalue weighted by atomic mass is 9.84. The van der Waals surface area contributed by atoms with Crippen molar-refractivity contribution in [1.82, 2.24) is 9.88 Å². The number of amides is 1. The zero-order valence-electron chi connectivity index (χ0n) is 21.6. The van der Waals surface area contributed by atoms with Gasteiger partial charge in [0.25, 0.3) is 0 Å². The van der Waals surface area contributed by atoms with Crippen LogP contribution in [0.15, 0.2) is 36.5 Å². The van der Waals surface area contributed by atoms with Gasteiger partial charge in [-0.3, -0.25) is 9.69 Å². The molecule has 0 unspecified atom stereocenters. The number of fused-ring (bicyclic) bond motifs is 2. The number of alkyl halides is 3. The number of benzene rings is 1. The van der Waals surface area contributed by atoms with Gasteiger partial charge in [0.05, 0.1) is 24.5 Å². The Bertz CT molecular complexity index is 1150. The van der Waals surface area contributed by atoms with Crippen LogP contribution < -0.4 is 10.2 Å². The minimum Gasteiger partial charge on any atom is -0.381 e. The molecule has 2 aliphatic carbocycles. The molecule has 6 rings (SSSR count). The third-order valence-electron chi connectivity index (χ3n) is 8.64. The third kappa shape index (κ3) is 5.54. The number of nitrogens with one attached hydrogen (secondary N) is 1. The lowest BCUT2D eigenvalue weighted by Crippen LogP contribution is -2.46. The molecule has 38 heavy (non-hydrogen) atoms. The van der Waals surface area contributed by atoms with E-state index in [1.807, 2.05) is 23.1 Å². The van der Waals surface area contributed by atoms with Crippen LogP contribution in [0.5, 0.6) is 0 Å². The van der Waals surface area contributed by atoms with Crippen LogP contribution in [0.1, 0.15) is 68.4 Å². The van der Waals surface area contributed by atoms with Gasteiger partial charge in [0.2, 0.25) is 5.91 Å². The molecule has 4 aliphatic rings. The number of nitrogens with zero attached hydrogens (tertiary/aromatic N) is 3. The Morgan fingerprint density at radius 2 is 1.74 bits per heavy atom. The van der Waals surface area contributed by atoms with Crippen LogP contribution in [0.4, 0.5) is 30.4 Å². The van der Waals surface area contributed by atoms with Crippen molar-refractivity contribution < 1.29 is 22.7 Å². The van der Waals surface area contributed by atoms with Gasteiger partial charge in [-0.25, -0.2) is 4.98 Å². The fraction of sp³-hybridized carbons (Fsp3) is 0.586. The molecule has 0 bridgehead atoms. The van der Waals surface area contributed by atoms with Gasteiger partial charge in [-0.2, -0.15) is 13.2 Å². The molecule has 1 amide bonds. The van der Waals surface area contributed by atoms with Crippen molar-refractivity contribution in [3.8, 4) is 0 Å². The van der Waals surface area contributed by atoms with Crippen LogP contribution in [0, 0.1) is 5.92 Å². The second-order valence-corrected chi connectivity index (χ2v) is 11.2. The summed E-state index contributed by atoms with van der Waals surface area (Å²) in [4.78, 5) is 22.1. The molecule has 3 heterocycles.